The molecule has 1 N–H and O–H groups in total. The van der Waals surface area contributed by atoms with Crippen molar-refractivity contribution in [2.24, 2.45) is 0 Å². The van der Waals surface area contributed by atoms with Gasteiger partial charge in [-0.1, -0.05) is 30.3 Å². The molecule has 10 heteroatoms. The van der Waals surface area contributed by atoms with Gasteiger partial charge in [-0.15, -0.1) is 0 Å². The molecule has 2 aromatic heterocycles. The normalized spacial score (nSPS) is 25.1. The molecule has 154 valence electrons. The summed E-state index contributed by atoms with van der Waals surface area (Å²) in [5, 5.41) is 5.80. The quantitative estimate of drug-likeness (QED) is 0.715. The van der Waals surface area contributed by atoms with Gasteiger partial charge in [0.05, 0.1) is 0 Å². The average Bonchev–Trinajstić information content (AvgIpc) is 3.40. The lowest BCUT2D eigenvalue weighted by Crippen LogP contribution is -2.36. The topological polar surface area (TPSA) is 70.5 Å². The molecule has 2 aromatic rings. The first-order chi connectivity index (χ1) is 14.0. The number of pyridine rings is 1. The first-order valence-electron chi connectivity index (χ1n) is 9.70. The van der Waals surface area contributed by atoms with Crippen molar-refractivity contribution >= 4 is 44.2 Å². The Morgan fingerprint density at radius 1 is 1.41 bits per heavy atom. The number of halogens is 1. The van der Waals surface area contributed by atoms with E-state index >= 15 is 0 Å². The molecule has 1 fully saturated rings. The maximum Gasteiger partial charge on any atom is 0.227 e. The van der Waals surface area contributed by atoms with Crippen molar-refractivity contribution in [2.75, 3.05) is 19.6 Å². The molecule has 2 atom stereocenters. The second kappa shape index (κ2) is 7.23. The third kappa shape index (κ3) is 3.06. The van der Waals surface area contributed by atoms with Crippen molar-refractivity contribution in [1.82, 2.24) is 24.7 Å². The van der Waals surface area contributed by atoms with Crippen LogP contribution in [0.25, 0.3) is 11.0 Å². The Kier molecular flexibility index (Phi) is 4.81. The second-order valence-corrected chi connectivity index (χ2v) is 10.6. The molecule has 0 aromatic carbocycles. The number of nitrogens with zero attached hydrogens (tertiary/aromatic N) is 4. The minimum Gasteiger partial charge on any atom is -0.344 e. The first-order valence-corrected chi connectivity index (χ1v) is 12.5. The fourth-order valence-electron chi connectivity index (χ4n) is 4.33. The van der Waals surface area contributed by atoms with Gasteiger partial charge in [0.15, 0.2) is 10.5 Å². The number of fused-ring (bicyclic) bond motifs is 2. The van der Waals surface area contributed by atoms with Gasteiger partial charge in [-0.05, 0) is 43.5 Å². The van der Waals surface area contributed by atoms with Gasteiger partial charge >= 0.3 is 0 Å². The maximum atomic E-state index is 13.7. The van der Waals surface area contributed by atoms with Gasteiger partial charge in [-0.2, -0.15) is 0 Å². The van der Waals surface area contributed by atoms with Gasteiger partial charge in [-0.25, -0.2) is 13.4 Å². The van der Waals surface area contributed by atoms with Crippen LogP contribution in [0.15, 0.2) is 51.2 Å². The van der Waals surface area contributed by atoms with Crippen molar-refractivity contribution in [3.8, 4) is 0 Å². The number of likely N-dealkylation sites (tertiary alicyclic amines) is 1. The van der Waals surface area contributed by atoms with Crippen molar-refractivity contribution in [3.05, 3.63) is 46.3 Å². The zero-order chi connectivity index (χ0) is 20.2. The Morgan fingerprint density at radius 3 is 3.10 bits per heavy atom. The largest absolute Gasteiger partial charge is 0.344 e. The molecule has 0 amide bonds. The molecular weight excluding hydrogens is 430 g/mol. The van der Waals surface area contributed by atoms with E-state index in [1.165, 1.54) is 11.8 Å². The first kappa shape index (κ1) is 19.3. The van der Waals surface area contributed by atoms with Crippen molar-refractivity contribution in [2.45, 2.75) is 36.2 Å². The molecule has 3 aliphatic heterocycles. The van der Waals surface area contributed by atoms with Crippen LogP contribution in [0, 0.1) is 0 Å². The smallest absolute Gasteiger partial charge is 0.227 e. The Balaban J connectivity index is 1.63. The lowest BCUT2D eigenvalue weighted by atomic mass is 10.1. The molecule has 0 bridgehead atoms. The third-order valence-corrected chi connectivity index (χ3v) is 8.88. The van der Waals surface area contributed by atoms with E-state index in [0.29, 0.717) is 11.0 Å². The fourth-order valence-corrected chi connectivity index (χ4v) is 7.46. The molecule has 2 unspecified atom stereocenters. The van der Waals surface area contributed by atoms with Crippen molar-refractivity contribution < 1.29 is 8.42 Å². The molecule has 0 spiro atoms. The monoisotopic (exact) mass is 451 g/mol. The van der Waals surface area contributed by atoms with Gasteiger partial charge in [0, 0.05) is 36.6 Å². The molecule has 3 aliphatic rings. The van der Waals surface area contributed by atoms with Gasteiger partial charge in [0.25, 0.3) is 0 Å². The minimum absolute atomic E-state index is 0.104. The van der Waals surface area contributed by atoms with E-state index in [1.807, 2.05) is 16.0 Å². The van der Waals surface area contributed by atoms with E-state index in [1.54, 1.807) is 29.6 Å². The van der Waals surface area contributed by atoms with E-state index in [2.05, 4.69) is 22.1 Å². The van der Waals surface area contributed by atoms with E-state index in [4.69, 9.17) is 11.6 Å². The summed E-state index contributed by atoms with van der Waals surface area (Å²) in [4.78, 5) is 8.88. The Bertz CT molecular complexity index is 1130. The minimum atomic E-state index is -3.83. The molecule has 0 radical (unpaired) electrons. The molecule has 5 rings (SSSR count). The number of nitrogens with one attached hydrogen (secondary N) is 1. The SMILES string of the molecule is CCN1CCCC(n2cc(S(=O)(=O)C3=C(Cl)NC4SC=CN34)c3cccnc32)C1. The summed E-state index contributed by atoms with van der Waals surface area (Å²) in [7, 11) is -3.83. The molecule has 1 saturated heterocycles. The van der Waals surface area contributed by atoms with Crippen LogP contribution in [0.4, 0.5) is 0 Å². The lowest BCUT2D eigenvalue weighted by Gasteiger charge is -2.32. The number of aromatic nitrogens is 2. The number of likely N-dealkylation sites (N-methyl/N-ethyl adjacent to an activating group) is 1. The highest BCUT2D eigenvalue weighted by molar-refractivity contribution is 8.03. The van der Waals surface area contributed by atoms with Crippen LogP contribution in [0.1, 0.15) is 25.8 Å². The summed E-state index contributed by atoms with van der Waals surface area (Å²) in [6, 6.07) is 3.81. The van der Waals surface area contributed by atoms with E-state index in [-0.39, 0.29) is 26.6 Å². The van der Waals surface area contributed by atoms with Gasteiger partial charge < -0.3 is 19.7 Å². The number of thioether (sulfide) groups is 1. The van der Waals surface area contributed by atoms with Gasteiger partial charge in [-0.3, -0.25) is 0 Å². The van der Waals surface area contributed by atoms with Crippen LogP contribution in [0.3, 0.4) is 0 Å². The third-order valence-electron chi connectivity index (χ3n) is 5.77. The van der Waals surface area contributed by atoms with E-state index in [9.17, 15) is 8.42 Å². The summed E-state index contributed by atoms with van der Waals surface area (Å²) >= 11 is 7.82. The predicted octanol–water partition coefficient (Wildman–Crippen LogP) is 3.24. The van der Waals surface area contributed by atoms with Crippen LogP contribution < -0.4 is 5.32 Å². The van der Waals surface area contributed by atoms with Crippen molar-refractivity contribution in [3.63, 3.8) is 0 Å². The van der Waals surface area contributed by atoms with E-state index in [0.717, 1.165) is 32.5 Å². The standard InChI is InChI=1S/C19H22ClN5O2S2/c1-2-23-8-4-5-13(11-23)25-12-15(14-6-3-7-21-17(14)25)29(26,27)18-16(20)22-19-24(18)9-10-28-19/h3,6-7,9-10,12-13,19,22H,2,4-5,8,11H2,1H3. The molecule has 0 aliphatic carbocycles. The summed E-state index contributed by atoms with van der Waals surface area (Å²) in [5.41, 5.74) is 0.495. The summed E-state index contributed by atoms with van der Waals surface area (Å²) < 4.78 is 29.4. The van der Waals surface area contributed by atoms with Crippen LogP contribution >= 0.6 is 23.4 Å². The Morgan fingerprint density at radius 2 is 2.28 bits per heavy atom. The summed E-state index contributed by atoms with van der Waals surface area (Å²) in [5.74, 6) is 0. The predicted molar refractivity (Wildman–Crippen MR) is 116 cm³/mol. The van der Waals surface area contributed by atoms with Gasteiger partial charge in [0.2, 0.25) is 9.84 Å². The number of hydrogen-bond acceptors (Lipinski definition) is 7. The zero-order valence-electron chi connectivity index (χ0n) is 16.0. The number of sulfone groups is 1. The lowest BCUT2D eigenvalue weighted by molar-refractivity contribution is 0.187. The highest BCUT2D eigenvalue weighted by Crippen LogP contribution is 2.41. The Hall–Kier alpha value is -1.68. The number of hydrogen-bond donors (Lipinski definition) is 1. The van der Waals surface area contributed by atoms with Crippen molar-refractivity contribution in [1.29, 1.82) is 0 Å². The summed E-state index contributed by atoms with van der Waals surface area (Å²) in [6.07, 6.45) is 7.33. The van der Waals surface area contributed by atoms with E-state index < -0.39 is 9.84 Å². The van der Waals surface area contributed by atoms with Crippen LogP contribution in [-0.2, 0) is 9.84 Å². The van der Waals surface area contributed by atoms with Crippen LogP contribution in [0.5, 0.6) is 0 Å². The highest BCUT2D eigenvalue weighted by atomic mass is 35.5. The molecule has 5 heterocycles. The fraction of sp³-hybridized carbons (Fsp3) is 0.421. The number of piperidine rings is 1. The number of rotatable bonds is 4. The average molecular weight is 452 g/mol. The second-order valence-electron chi connectivity index (χ2n) is 7.41. The zero-order valence-corrected chi connectivity index (χ0v) is 18.3. The van der Waals surface area contributed by atoms with Crippen LogP contribution in [0.2, 0.25) is 0 Å². The molecular formula is C19H22ClN5O2S2. The Labute approximate surface area is 179 Å². The molecule has 29 heavy (non-hydrogen) atoms. The van der Waals surface area contributed by atoms with Gasteiger partial charge in [0.1, 0.15) is 15.7 Å². The van der Waals surface area contributed by atoms with Crippen LogP contribution in [-0.4, -0.2) is 52.9 Å². The molecule has 7 nitrogen and oxygen atoms in total. The molecule has 0 saturated carbocycles. The highest BCUT2D eigenvalue weighted by Gasteiger charge is 2.41. The maximum absolute atomic E-state index is 13.7. The summed E-state index contributed by atoms with van der Waals surface area (Å²) in [6.45, 7) is 5.13.